The smallest absolute Gasteiger partial charge is 0.191 e. The first-order valence-corrected chi connectivity index (χ1v) is 11.7. The summed E-state index contributed by atoms with van der Waals surface area (Å²) < 4.78 is 10.9. The zero-order chi connectivity index (χ0) is 22.2. The molecule has 1 saturated carbocycles. The molecular weight excluding hydrogens is 519 g/mol. The van der Waals surface area contributed by atoms with Crippen LogP contribution in [0, 0.1) is 0 Å². The molecule has 32 heavy (non-hydrogen) atoms. The standard InChI is InChI=1S/C24H40N4O3.HI/c1-4-25-22(26-17-23(2,29)19-28-12-14-31-15-13-28)27-18-24(10-5-6-11-24)20-8-7-9-21(16-20)30-3;/h7-9,16,29H,4-6,10-15,17-19H2,1-3H3,(H2,25,26,27);1H. The van der Waals surface area contributed by atoms with Crippen LogP contribution in [-0.2, 0) is 10.2 Å². The molecule has 2 fully saturated rings. The maximum absolute atomic E-state index is 10.9. The van der Waals surface area contributed by atoms with Gasteiger partial charge in [-0.25, -0.2) is 0 Å². The maximum Gasteiger partial charge on any atom is 0.191 e. The molecule has 1 heterocycles. The Balaban J connectivity index is 0.00000363. The SMILES string of the molecule is CCNC(=NCC(C)(O)CN1CCOCC1)NCC1(c2cccc(OC)c2)CCCC1.I. The minimum Gasteiger partial charge on any atom is -0.497 e. The number of nitrogens with zero attached hydrogens (tertiary/aromatic N) is 2. The van der Waals surface area contributed by atoms with Crippen molar-refractivity contribution in [3.8, 4) is 5.75 Å². The van der Waals surface area contributed by atoms with Crippen molar-refractivity contribution in [1.29, 1.82) is 0 Å². The summed E-state index contributed by atoms with van der Waals surface area (Å²) in [6.07, 6.45) is 4.78. The Morgan fingerprint density at radius 3 is 2.62 bits per heavy atom. The minimum absolute atomic E-state index is 0. The number of guanidine groups is 1. The Bertz CT molecular complexity index is 717. The van der Waals surface area contributed by atoms with Gasteiger partial charge in [0, 0.05) is 38.1 Å². The monoisotopic (exact) mass is 560 g/mol. The highest BCUT2D eigenvalue weighted by Gasteiger charge is 2.36. The molecule has 0 aromatic heterocycles. The summed E-state index contributed by atoms with van der Waals surface area (Å²) in [7, 11) is 1.72. The van der Waals surface area contributed by atoms with Gasteiger partial charge in [0.1, 0.15) is 5.75 Å². The van der Waals surface area contributed by atoms with E-state index >= 15 is 0 Å². The first-order valence-electron chi connectivity index (χ1n) is 11.7. The summed E-state index contributed by atoms with van der Waals surface area (Å²) in [5.41, 5.74) is 0.533. The molecule has 7 nitrogen and oxygen atoms in total. The average molecular weight is 561 g/mol. The van der Waals surface area contributed by atoms with E-state index in [-0.39, 0.29) is 29.4 Å². The van der Waals surface area contributed by atoms with Crippen molar-refractivity contribution in [1.82, 2.24) is 15.5 Å². The zero-order valence-corrected chi connectivity index (χ0v) is 22.2. The molecule has 3 N–H and O–H groups in total. The molecule has 182 valence electrons. The van der Waals surface area contributed by atoms with Crippen molar-refractivity contribution in [2.45, 2.75) is 50.5 Å². The van der Waals surface area contributed by atoms with Crippen molar-refractivity contribution >= 4 is 29.9 Å². The van der Waals surface area contributed by atoms with Crippen LogP contribution < -0.4 is 15.4 Å². The van der Waals surface area contributed by atoms with Crippen LogP contribution in [0.25, 0.3) is 0 Å². The fourth-order valence-electron chi connectivity index (χ4n) is 4.71. The number of morpholine rings is 1. The van der Waals surface area contributed by atoms with Gasteiger partial charge < -0.3 is 25.2 Å². The van der Waals surface area contributed by atoms with Crippen molar-refractivity contribution in [3.05, 3.63) is 29.8 Å². The first-order chi connectivity index (χ1) is 15.0. The molecule has 1 aromatic rings. The Kier molecular flexibility index (Phi) is 11.0. The molecule has 1 unspecified atom stereocenters. The fourth-order valence-corrected chi connectivity index (χ4v) is 4.71. The molecule has 1 aliphatic carbocycles. The lowest BCUT2D eigenvalue weighted by Crippen LogP contribution is -2.49. The van der Waals surface area contributed by atoms with Crippen LogP contribution in [0.15, 0.2) is 29.3 Å². The summed E-state index contributed by atoms with van der Waals surface area (Å²) in [6.45, 7) is 9.68. The number of methoxy groups -OCH3 is 1. The summed E-state index contributed by atoms with van der Waals surface area (Å²) >= 11 is 0. The largest absolute Gasteiger partial charge is 0.497 e. The average Bonchev–Trinajstić information content (AvgIpc) is 3.26. The van der Waals surface area contributed by atoms with Crippen LogP contribution >= 0.6 is 24.0 Å². The first kappa shape index (κ1) is 27.1. The van der Waals surface area contributed by atoms with E-state index in [0.29, 0.717) is 13.1 Å². The molecule has 2 aliphatic rings. The van der Waals surface area contributed by atoms with Crippen molar-refractivity contribution in [3.63, 3.8) is 0 Å². The number of halogens is 1. The van der Waals surface area contributed by atoms with Crippen molar-refractivity contribution in [2.24, 2.45) is 4.99 Å². The van der Waals surface area contributed by atoms with E-state index in [1.165, 1.54) is 18.4 Å². The summed E-state index contributed by atoms with van der Waals surface area (Å²) in [6, 6.07) is 8.47. The third kappa shape index (κ3) is 7.74. The normalized spacial score (nSPS) is 20.8. The Morgan fingerprint density at radius 1 is 1.25 bits per heavy atom. The predicted octanol–water partition coefficient (Wildman–Crippen LogP) is 2.76. The maximum atomic E-state index is 10.9. The number of β-amino-alcohol motifs (C(OH)–C–C–N with tert-alkyl or cyclic N) is 1. The van der Waals surface area contributed by atoms with E-state index in [9.17, 15) is 5.11 Å². The number of ether oxygens (including phenoxy) is 2. The second-order valence-electron chi connectivity index (χ2n) is 9.15. The van der Waals surface area contributed by atoms with E-state index in [0.717, 1.165) is 63.9 Å². The molecule has 8 heteroatoms. The highest BCUT2D eigenvalue weighted by atomic mass is 127. The lowest BCUT2D eigenvalue weighted by molar-refractivity contribution is -0.0180. The van der Waals surface area contributed by atoms with E-state index < -0.39 is 5.60 Å². The van der Waals surface area contributed by atoms with Gasteiger partial charge in [-0.2, -0.15) is 0 Å². The number of nitrogens with one attached hydrogen (secondary N) is 2. The lowest BCUT2D eigenvalue weighted by Gasteiger charge is -2.33. The number of hydrogen-bond donors (Lipinski definition) is 3. The second-order valence-corrected chi connectivity index (χ2v) is 9.15. The molecule has 1 aliphatic heterocycles. The molecule has 0 bridgehead atoms. The predicted molar refractivity (Wildman–Crippen MR) is 140 cm³/mol. The molecule has 1 atom stereocenters. The third-order valence-corrected chi connectivity index (χ3v) is 6.43. The molecule has 0 spiro atoms. The van der Waals surface area contributed by atoms with Gasteiger partial charge in [0.15, 0.2) is 5.96 Å². The highest BCUT2D eigenvalue weighted by molar-refractivity contribution is 14.0. The van der Waals surface area contributed by atoms with Crippen LogP contribution in [0.3, 0.4) is 0 Å². The number of hydrogen-bond acceptors (Lipinski definition) is 5. The minimum atomic E-state index is -0.877. The molecule has 1 saturated heterocycles. The lowest BCUT2D eigenvalue weighted by atomic mass is 9.78. The van der Waals surface area contributed by atoms with Crippen LogP contribution in [-0.4, -0.2) is 81.2 Å². The number of aliphatic hydroxyl groups is 1. The van der Waals surface area contributed by atoms with Gasteiger partial charge >= 0.3 is 0 Å². The number of benzene rings is 1. The van der Waals surface area contributed by atoms with Gasteiger partial charge in [0.2, 0.25) is 0 Å². The second kappa shape index (κ2) is 13.0. The van der Waals surface area contributed by atoms with Gasteiger partial charge in [0.25, 0.3) is 0 Å². The highest BCUT2D eigenvalue weighted by Crippen LogP contribution is 2.41. The third-order valence-electron chi connectivity index (χ3n) is 6.43. The van der Waals surface area contributed by atoms with Gasteiger partial charge in [-0.3, -0.25) is 9.89 Å². The Hall–Kier alpha value is -1.10. The zero-order valence-electron chi connectivity index (χ0n) is 19.9. The van der Waals surface area contributed by atoms with Gasteiger partial charge in [-0.15, -0.1) is 24.0 Å². The summed E-state index contributed by atoms with van der Waals surface area (Å²) in [4.78, 5) is 6.98. The van der Waals surface area contributed by atoms with Gasteiger partial charge in [-0.05, 0) is 44.4 Å². The molecule has 1 aromatic carbocycles. The van der Waals surface area contributed by atoms with Crippen molar-refractivity contribution < 1.29 is 14.6 Å². The van der Waals surface area contributed by atoms with Crippen LogP contribution in [0.5, 0.6) is 5.75 Å². The summed E-state index contributed by atoms with van der Waals surface area (Å²) in [5.74, 6) is 1.67. The van der Waals surface area contributed by atoms with Gasteiger partial charge in [0.05, 0.1) is 32.5 Å². The van der Waals surface area contributed by atoms with Crippen molar-refractivity contribution in [2.75, 3.05) is 59.6 Å². The van der Waals surface area contributed by atoms with Crippen LogP contribution in [0.2, 0.25) is 0 Å². The van der Waals surface area contributed by atoms with Crippen LogP contribution in [0.1, 0.15) is 45.1 Å². The van der Waals surface area contributed by atoms with Gasteiger partial charge in [-0.1, -0.05) is 25.0 Å². The molecule has 0 radical (unpaired) electrons. The number of rotatable bonds is 9. The molecule has 3 rings (SSSR count). The molecule has 0 amide bonds. The Morgan fingerprint density at radius 2 is 1.97 bits per heavy atom. The van der Waals surface area contributed by atoms with E-state index in [1.54, 1.807) is 7.11 Å². The van der Waals surface area contributed by atoms with E-state index in [4.69, 9.17) is 14.5 Å². The summed E-state index contributed by atoms with van der Waals surface area (Å²) in [5, 5.41) is 17.8. The van der Waals surface area contributed by atoms with E-state index in [2.05, 4.69) is 40.7 Å². The topological polar surface area (TPSA) is 78.4 Å². The van der Waals surface area contributed by atoms with Crippen LogP contribution in [0.4, 0.5) is 0 Å². The quantitative estimate of drug-likeness (QED) is 0.245. The van der Waals surface area contributed by atoms with E-state index in [1.807, 2.05) is 13.0 Å². The molecular formula is C24H41IN4O3. The fraction of sp³-hybridized carbons (Fsp3) is 0.708. The Labute approximate surface area is 210 Å². The number of aliphatic imine (C=N–C) groups is 1.